The molecule has 0 saturated carbocycles. The highest BCUT2D eigenvalue weighted by Crippen LogP contribution is 2.30. The number of para-hydroxylation sites is 4. The van der Waals surface area contributed by atoms with Crippen LogP contribution in [0.15, 0.2) is 68.8 Å². The van der Waals surface area contributed by atoms with E-state index in [0.717, 1.165) is 5.69 Å². The minimum absolute atomic E-state index is 0.349. The number of aliphatic imine (C=N–C) groups is 1. The summed E-state index contributed by atoms with van der Waals surface area (Å²) in [6.07, 6.45) is 0. The Hall–Kier alpha value is -3.54. The van der Waals surface area contributed by atoms with E-state index >= 15 is 0 Å². The molecule has 0 bridgehead atoms. The van der Waals surface area contributed by atoms with Gasteiger partial charge in [0.25, 0.3) is 0 Å². The van der Waals surface area contributed by atoms with Crippen LogP contribution < -0.4 is 20.4 Å². The fourth-order valence-electron chi connectivity index (χ4n) is 2.90. The molecule has 0 fully saturated rings. The minimum atomic E-state index is -0.464. The summed E-state index contributed by atoms with van der Waals surface area (Å²) in [6, 6.07) is 16.6. The zero-order chi connectivity index (χ0) is 20.1. The first-order valence-corrected chi connectivity index (χ1v) is 8.77. The normalized spacial score (nSPS) is 11.2. The van der Waals surface area contributed by atoms with Crippen LogP contribution in [0.25, 0.3) is 0 Å². The summed E-state index contributed by atoms with van der Waals surface area (Å²) in [5.41, 5.74) is 2.35. The molecular formula is C22H22N2O4. The van der Waals surface area contributed by atoms with Crippen LogP contribution in [0.5, 0.6) is 11.5 Å². The monoisotopic (exact) mass is 378 g/mol. The van der Waals surface area contributed by atoms with Gasteiger partial charge in [0.05, 0.1) is 31.3 Å². The van der Waals surface area contributed by atoms with Crippen molar-refractivity contribution in [2.45, 2.75) is 13.8 Å². The first kappa shape index (κ1) is 19.2. The van der Waals surface area contributed by atoms with Crippen molar-refractivity contribution in [2.75, 3.05) is 19.5 Å². The maximum absolute atomic E-state index is 12.6. The summed E-state index contributed by atoms with van der Waals surface area (Å²) < 4.78 is 16.1. The highest BCUT2D eigenvalue weighted by molar-refractivity contribution is 6.05. The number of rotatable bonds is 6. The molecule has 0 aliphatic heterocycles. The third-order valence-electron chi connectivity index (χ3n) is 4.19. The molecule has 0 radical (unpaired) electrons. The molecule has 3 rings (SSSR count). The Morgan fingerprint density at radius 1 is 0.964 bits per heavy atom. The molecule has 0 unspecified atom stereocenters. The van der Waals surface area contributed by atoms with Gasteiger partial charge in [0.15, 0.2) is 0 Å². The standard InChI is InChI=1S/C22H22N2O4/c1-14-13-18(24-17-10-6-8-12-20(17)27-4)21(22(25)28-14)15(2)23-16-9-5-7-11-19(16)26-3/h5-13,24H,1-4H3. The van der Waals surface area contributed by atoms with Crippen molar-refractivity contribution in [3.8, 4) is 11.5 Å². The van der Waals surface area contributed by atoms with Gasteiger partial charge in [0.2, 0.25) is 0 Å². The number of aryl methyl sites for hydroxylation is 1. The molecule has 144 valence electrons. The predicted molar refractivity (Wildman–Crippen MR) is 111 cm³/mol. The molecule has 0 aliphatic rings. The molecule has 6 nitrogen and oxygen atoms in total. The molecule has 2 aromatic carbocycles. The zero-order valence-electron chi connectivity index (χ0n) is 16.3. The Morgan fingerprint density at radius 2 is 1.61 bits per heavy atom. The van der Waals surface area contributed by atoms with Crippen LogP contribution >= 0.6 is 0 Å². The fourth-order valence-corrected chi connectivity index (χ4v) is 2.90. The van der Waals surface area contributed by atoms with Crippen molar-refractivity contribution in [2.24, 2.45) is 4.99 Å². The van der Waals surface area contributed by atoms with Crippen molar-refractivity contribution < 1.29 is 13.9 Å². The minimum Gasteiger partial charge on any atom is -0.495 e. The molecule has 0 spiro atoms. The summed E-state index contributed by atoms with van der Waals surface area (Å²) in [7, 11) is 3.18. The molecular weight excluding hydrogens is 356 g/mol. The quantitative estimate of drug-likeness (QED) is 0.621. The Labute approximate surface area is 163 Å². The number of hydrogen-bond donors (Lipinski definition) is 1. The summed E-state index contributed by atoms with van der Waals surface area (Å²) in [4.78, 5) is 17.2. The van der Waals surface area contributed by atoms with E-state index in [-0.39, 0.29) is 0 Å². The largest absolute Gasteiger partial charge is 0.495 e. The molecule has 0 saturated heterocycles. The summed E-state index contributed by atoms with van der Waals surface area (Å²) >= 11 is 0. The number of benzene rings is 2. The van der Waals surface area contributed by atoms with Crippen LogP contribution in [-0.2, 0) is 0 Å². The van der Waals surface area contributed by atoms with Gasteiger partial charge >= 0.3 is 5.63 Å². The van der Waals surface area contributed by atoms with E-state index in [1.165, 1.54) is 0 Å². The van der Waals surface area contributed by atoms with Crippen LogP contribution in [-0.4, -0.2) is 19.9 Å². The number of anilines is 2. The smallest absolute Gasteiger partial charge is 0.347 e. The van der Waals surface area contributed by atoms with Crippen LogP contribution in [0.4, 0.5) is 17.1 Å². The molecule has 28 heavy (non-hydrogen) atoms. The Bertz CT molecular complexity index is 1070. The third-order valence-corrected chi connectivity index (χ3v) is 4.19. The molecule has 0 amide bonds. The predicted octanol–water partition coefficient (Wildman–Crippen LogP) is 4.85. The summed E-state index contributed by atoms with van der Waals surface area (Å²) in [5, 5.41) is 3.27. The number of methoxy groups -OCH3 is 2. The first-order valence-electron chi connectivity index (χ1n) is 8.77. The van der Waals surface area contributed by atoms with Crippen molar-refractivity contribution in [3.63, 3.8) is 0 Å². The van der Waals surface area contributed by atoms with Gasteiger partial charge in [-0.15, -0.1) is 0 Å². The van der Waals surface area contributed by atoms with E-state index in [2.05, 4.69) is 10.3 Å². The van der Waals surface area contributed by atoms with Crippen LogP contribution in [0.1, 0.15) is 18.2 Å². The second-order valence-electron chi connectivity index (χ2n) is 6.13. The third kappa shape index (κ3) is 4.06. The lowest BCUT2D eigenvalue weighted by Crippen LogP contribution is -2.16. The van der Waals surface area contributed by atoms with E-state index in [0.29, 0.717) is 39.9 Å². The highest BCUT2D eigenvalue weighted by atomic mass is 16.5. The molecule has 0 aliphatic carbocycles. The molecule has 6 heteroatoms. The van der Waals surface area contributed by atoms with Gasteiger partial charge in [0, 0.05) is 6.07 Å². The molecule has 0 atom stereocenters. The number of nitrogens with zero attached hydrogens (tertiary/aromatic N) is 1. The van der Waals surface area contributed by atoms with Crippen molar-refractivity contribution in [1.82, 2.24) is 0 Å². The second-order valence-corrected chi connectivity index (χ2v) is 6.13. The average molecular weight is 378 g/mol. The lowest BCUT2D eigenvalue weighted by atomic mass is 10.1. The number of ether oxygens (including phenoxy) is 2. The van der Waals surface area contributed by atoms with Gasteiger partial charge in [0.1, 0.15) is 28.5 Å². The van der Waals surface area contributed by atoms with Crippen LogP contribution in [0.3, 0.4) is 0 Å². The van der Waals surface area contributed by atoms with Crippen molar-refractivity contribution in [1.29, 1.82) is 0 Å². The lowest BCUT2D eigenvalue weighted by molar-refractivity contribution is 0.416. The van der Waals surface area contributed by atoms with Gasteiger partial charge in [-0.2, -0.15) is 0 Å². The summed E-state index contributed by atoms with van der Waals surface area (Å²) in [6.45, 7) is 3.49. The average Bonchev–Trinajstić information content (AvgIpc) is 2.68. The first-order chi connectivity index (χ1) is 13.5. The molecule has 1 N–H and O–H groups in total. The van der Waals surface area contributed by atoms with Crippen molar-refractivity contribution >= 4 is 22.8 Å². The molecule has 1 heterocycles. The highest BCUT2D eigenvalue weighted by Gasteiger charge is 2.16. The second kappa shape index (κ2) is 8.43. The number of hydrogen-bond acceptors (Lipinski definition) is 6. The van der Waals surface area contributed by atoms with E-state index in [9.17, 15) is 4.79 Å². The van der Waals surface area contributed by atoms with Crippen molar-refractivity contribution in [3.05, 3.63) is 76.3 Å². The molecule has 1 aromatic heterocycles. The maximum atomic E-state index is 12.6. The van der Waals surface area contributed by atoms with E-state index < -0.39 is 5.63 Å². The van der Waals surface area contributed by atoms with E-state index in [1.54, 1.807) is 34.1 Å². The number of nitrogens with one attached hydrogen (secondary N) is 1. The Morgan fingerprint density at radius 3 is 2.32 bits per heavy atom. The SMILES string of the molecule is COc1ccccc1N=C(C)c1c(Nc2ccccc2OC)cc(C)oc1=O. The van der Waals surface area contributed by atoms with Gasteiger partial charge in [-0.3, -0.25) is 0 Å². The molecule has 3 aromatic rings. The van der Waals surface area contributed by atoms with Gasteiger partial charge < -0.3 is 19.2 Å². The van der Waals surface area contributed by atoms with Crippen LogP contribution in [0, 0.1) is 6.92 Å². The summed E-state index contributed by atoms with van der Waals surface area (Å²) in [5.74, 6) is 1.78. The lowest BCUT2D eigenvalue weighted by Gasteiger charge is -2.14. The Kier molecular flexibility index (Phi) is 5.79. The van der Waals surface area contributed by atoms with E-state index in [4.69, 9.17) is 13.9 Å². The van der Waals surface area contributed by atoms with Crippen LogP contribution in [0.2, 0.25) is 0 Å². The van der Waals surface area contributed by atoms with E-state index in [1.807, 2.05) is 48.5 Å². The topological polar surface area (TPSA) is 73.1 Å². The Balaban J connectivity index is 2.11. The zero-order valence-corrected chi connectivity index (χ0v) is 16.3. The van der Waals surface area contributed by atoms with Gasteiger partial charge in [-0.25, -0.2) is 9.79 Å². The fraction of sp³-hybridized carbons (Fsp3) is 0.182. The van der Waals surface area contributed by atoms with Gasteiger partial charge in [-0.05, 0) is 38.1 Å². The van der Waals surface area contributed by atoms with Gasteiger partial charge in [-0.1, -0.05) is 24.3 Å². The maximum Gasteiger partial charge on any atom is 0.347 e.